The highest BCUT2D eigenvalue weighted by Gasteiger charge is 2.28. The average molecular weight is 260 g/mol. The van der Waals surface area contributed by atoms with Gasteiger partial charge in [-0.1, -0.05) is 12.2 Å². The van der Waals surface area contributed by atoms with Crippen molar-refractivity contribution in [2.45, 2.75) is 31.7 Å². The highest BCUT2D eigenvalue weighted by atomic mass is 32.1. The zero-order chi connectivity index (χ0) is 12.5. The van der Waals surface area contributed by atoms with Crippen LogP contribution in [0.25, 0.3) is 0 Å². The first-order chi connectivity index (χ1) is 8.24. The van der Waals surface area contributed by atoms with Gasteiger partial charge in [0.25, 0.3) is 0 Å². The van der Waals surface area contributed by atoms with E-state index in [2.05, 4.69) is 4.90 Å². The highest BCUT2D eigenvalue weighted by Crippen LogP contribution is 2.26. The number of hydrogen-bond acceptors (Lipinski definition) is 4. The molecule has 0 aromatic rings. The number of hydrogen-bond donors (Lipinski definition) is 1. The topological polar surface area (TPSA) is 47.7 Å². The summed E-state index contributed by atoms with van der Waals surface area (Å²) in [6.07, 6.45) is 4.54. The predicted molar refractivity (Wildman–Crippen MR) is 73.3 cm³/mol. The summed E-state index contributed by atoms with van der Waals surface area (Å²) < 4.78 is 10.4. The summed E-state index contributed by atoms with van der Waals surface area (Å²) in [5.74, 6) is 0. The molecule has 5 heteroatoms. The van der Waals surface area contributed by atoms with Crippen LogP contribution in [0.5, 0.6) is 0 Å². The van der Waals surface area contributed by atoms with Gasteiger partial charge in [-0.2, -0.15) is 0 Å². The van der Waals surface area contributed by atoms with Gasteiger partial charge in [-0.25, -0.2) is 0 Å². The number of rotatable bonds is 11. The van der Waals surface area contributed by atoms with Crippen molar-refractivity contribution < 1.29 is 9.47 Å². The minimum absolute atomic E-state index is 0.618. The van der Waals surface area contributed by atoms with Crippen LogP contribution in [0.1, 0.15) is 25.7 Å². The minimum Gasteiger partial charge on any atom is -0.393 e. The van der Waals surface area contributed by atoms with Crippen LogP contribution in [0.2, 0.25) is 0 Å². The molecule has 0 spiro atoms. The Morgan fingerprint density at radius 3 is 2.65 bits per heavy atom. The molecule has 0 unspecified atom stereocenters. The van der Waals surface area contributed by atoms with E-state index in [1.165, 1.54) is 12.8 Å². The quantitative estimate of drug-likeness (QED) is 0.446. The van der Waals surface area contributed by atoms with Crippen LogP contribution in [0, 0.1) is 0 Å². The molecule has 1 aliphatic rings. The molecule has 1 aliphatic carbocycles. The summed E-state index contributed by atoms with van der Waals surface area (Å²) >= 11 is 4.92. The lowest BCUT2D eigenvalue weighted by molar-refractivity contribution is 0.0649. The SMILES string of the molecule is COCCOCCCN(CCC(N)=S)C1CC1. The van der Waals surface area contributed by atoms with Gasteiger partial charge in [0, 0.05) is 39.3 Å². The van der Waals surface area contributed by atoms with Crippen molar-refractivity contribution >= 4 is 17.2 Å². The van der Waals surface area contributed by atoms with E-state index in [9.17, 15) is 0 Å². The number of methoxy groups -OCH3 is 1. The first-order valence-corrected chi connectivity index (χ1v) is 6.74. The van der Waals surface area contributed by atoms with Gasteiger partial charge < -0.3 is 15.2 Å². The molecule has 1 rings (SSSR count). The van der Waals surface area contributed by atoms with Gasteiger partial charge in [-0.15, -0.1) is 0 Å². The molecule has 0 amide bonds. The predicted octanol–water partition coefficient (Wildman–Crippen LogP) is 1.18. The van der Waals surface area contributed by atoms with Crippen molar-refractivity contribution in [2.75, 3.05) is 40.0 Å². The van der Waals surface area contributed by atoms with Crippen LogP contribution in [0.3, 0.4) is 0 Å². The molecular weight excluding hydrogens is 236 g/mol. The molecule has 0 bridgehead atoms. The number of thiocarbonyl (C=S) groups is 1. The van der Waals surface area contributed by atoms with E-state index in [0.717, 1.165) is 38.6 Å². The summed E-state index contributed by atoms with van der Waals surface area (Å²) in [4.78, 5) is 3.10. The highest BCUT2D eigenvalue weighted by molar-refractivity contribution is 7.80. The van der Waals surface area contributed by atoms with Crippen molar-refractivity contribution in [2.24, 2.45) is 5.73 Å². The van der Waals surface area contributed by atoms with Gasteiger partial charge in [-0.05, 0) is 19.3 Å². The van der Waals surface area contributed by atoms with Crippen LogP contribution < -0.4 is 5.73 Å². The number of nitrogens with zero attached hydrogens (tertiary/aromatic N) is 1. The second kappa shape index (κ2) is 8.80. The van der Waals surface area contributed by atoms with Crippen LogP contribution >= 0.6 is 12.2 Å². The van der Waals surface area contributed by atoms with E-state index in [0.29, 0.717) is 18.2 Å². The molecule has 17 heavy (non-hydrogen) atoms. The summed E-state index contributed by atoms with van der Waals surface area (Å²) in [6, 6.07) is 0.767. The molecule has 100 valence electrons. The maximum Gasteiger partial charge on any atom is 0.0740 e. The fourth-order valence-electron chi connectivity index (χ4n) is 1.78. The van der Waals surface area contributed by atoms with Crippen LogP contribution in [0.4, 0.5) is 0 Å². The Morgan fingerprint density at radius 1 is 1.29 bits per heavy atom. The number of nitrogens with two attached hydrogens (primary N) is 1. The normalized spacial score (nSPS) is 15.4. The van der Waals surface area contributed by atoms with E-state index in [1.807, 2.05) is 0 Å². The summed E-state index contributed by atoms with van der Waals surface area (Å²) in [7, 11) is 1.69. The Kier molecular flexibility index (Phi) is 7.68. The number of ether oxygens (including phenoxy) is 2. The Labute approximate surface area is 109 Å². The van der Waals surface area contributed by atoms with Gasteiger partial charge in [0.15, 0.2) is 0 Å². The van der Waals surface area contributed by atoms with Crippen LogP contribution in [-0.2, 0) is 9.47 Å². The molecule has 1 fully saturated rings. The second-order valence-electron chi connectivity index (χ2n) is 4.44. The third kappa shape index (κ3) is 7.65. The molecule has 0 saturated heterocycles. The fourth-order valence-corrected chi connectivity index (χ4v) is 1.88. The lowest BCUT2D eigenvalue weighted by Gasteiger charge is -2.21. The van der Waals surface area contributed by atoms with E-state index in [-0.39, 0.29) is 0 Å². The molecule has 0 heterocycles. The standard InChI is InChI=1S/C12H24N2O2S/c1-15-9-10-16-8-2-6-14(11-3-4-11)7-5-12(13)17/h11H,2-10H2,1H3,(H2,13,17). The lowest BCUT2D eigenvalue weighted by Crippen LogP contribution is -2.31. The summed E-state index contributed by atoms with van der Waals surface area (Å²) in [5, 5.41) is 0. The Hall–Kier alpha value is -0.230. The van der Waals surface area contributed by atoms with Crippen molar-refractivity contribution in [1.29, 1.82) is 0 Å². The lowest BCUT2D eigenvalue weighted by atomic mass is 10.3. The van der Waals surface area contributed by atoms with Gasteiger partial charge in [0.2, 0.25) is 0 Å². The monoisotopic (exact) mass is 260 g/mol. The van der Waals surface area contributed by atoms with Crippen molar-refractivity contribution in [3.05, 3.63) is 0 Å². The van der Waals surface area contributed by atoms with Crippen molar-refractivity contribution in [3.63, 3.8) is 0 Å². The zero-order valence-electron chi connectivity index (χ0n) is 10.7. The summed E-state index contributed by atoms with van der Waals surface area (Å²) in [5.41, 5.74) is 5.54. The minimum atomic E-state index is 0.618. The first-order valence-electron chi connectivity index (χ1n) is 6.33. The smallest absolute Gasteiger partial charge is 0.0740 e. The van der Waals surface area contributed by atoms with E-state index in [1.54, 1.807) is 7.11 Å². The Morgan fingerprint density at radius 2 is 2.06 bits per heavy atom. The largest absolute Gasteiger partial charge is 0.393 e. The van der Waals surface area contributed by atoms with Crippen LogP contribution in [-0.4, -0.2) is 56.0 Å². The average Bonchev–Trinajstić information content (AvgIpc) is 3.11. The van der Waals surface area contributed by atoms with Crippen LogP contribution in [0.15, 0.2) is 0 Å². The van der Waals surface area contributed by atoms with Gasteiger partial charge in [0.05, 0.1) is 18.2 Å². The van der Waals surface area contributed by atoms with Gasteiger partial charge >= 0.3 is 0 Å². The zero-order valence-corrected chi connectivity index (χ0v) is 11.5. The molecule has 0 aliphatic heterocycles. The second-order valence-corrected chi connectivity index (χ2v) is 4.97. The molecule has 0 aromatic carbocycles. The van der Waals surface area contributed by atoms with Gasteiger partial charge in [-0.3, -0.25) is 4.90 Å². The molecule has 0 atom stereocenters. The maximum absolute atomic E-state index is 5.54. The summed E-state index contributed by atoms with van der Waals surface area (Å²) in [6.45, 7) is 4.25. The van der Waals surface area contributed by atoms with Crippen molar-refractivity contribution in [3.8, 4) is 0 Å². The van der Waals surface area contributed by atoms with E-state index in [4.69, 9.17) is 27.4 Å². The van der Waals surface area contributed by atoms with E-state index < -0.39 is 0 Å². The molecule has 0 aromatic heterocycles. The molecule has 4 nitrogen and oxygen atoms in total. The maximum atomic E-state index is 5.54. The Bertz CT molecular complexity index is 223. The third-order valence-electron chi connectivity index (χ3n) is 2.87. The van der Waals surface area contributed by atoms with Crippen molar-refractivity contribution in [1.82, 2.24) is 4.90 Å². The Balaban J connectivity index is 2.02. The molecule has 2 N–H and O–H groups in total. The fraction of sp³-hybridized carbons (Fsp3) is 0.917. The van der Waals surface area contributed by atoms with Gasteiger partial charge in [0.1, 0.15) is 0 Å². The molecule has 1 saturated carbocycles. The van der Waals surface area contributed by atoms with E-state index >= 15 is 0 Å². The first kappa shape index (κ1) is 14.8. The third-order valence-corrected chi connectivity index (χ3v) is 3.08. The molecular formula is C12H24N2O2S. The molecule has 0 radical (unpaired) electrons.